The Labute approximate surface area is 143 Å². The highest BCUT2D eigenvalue weighted by Crippen LogP contribution is 2.34. The van der Waals surface area contributed by atoms with Crippen molar-refractivity contribution >= 4 is 17.5 Å². The van der Waals surface area contributed by atoms with Gasteiger partial charge in [0, 0.05) is 36.8 Å². The number of amides is 2. The third-order valence-electron chi connectivity index (χ3n) is 4.62. The minimum Gasteiger partial charge on any atom is -0.350 e. The minimum atomic E-state index is -4.60. The van der Waals surface area contributed by atoms with Gasteiger partial charge in [0.15, 0.2) is 0 Å². The molecule has 0 radical (unpaired) electrons. The van der Waals surface area contributed by atoms with Crippen molar-refractivity contribution in [3.8, 4) is 0 Å². The fourth-order valence-corrected chi connectivity index (χ4v) is 2.99. The van der Waals surface area contributed by atoms with Gasteiger partial charge >= 0.3 is 6.18 Å². The third-order valence-corrected chi connectivity index (χ3v) is 4.62. The van der Waals surface area contributed by atoms with E-state index in [2.05, 4.69) is 5.32 Å². The average molecular weight is 355 g/mol. The Bertz CT molecular complexity index is 686. The Morgan fingerprint density at radius 3 is 2.60 bits per heavy atom. The molecule has 3 N–H and O–H groups in total. The van der Waals surface area contributed by atoms with Crippen molar-refractivity contribution in [2.75, 3.05) is 18.0 Å². The second-order valence-electron chi connectivity index (χ2n) is 6.63. The third kappa shape index (κ3) is 4.12. The van der Waals surface area contributed by atoms with E-state index in [1.165, 1.54) is 11.0 Å². The standard InChI is InChI=1S/C17H20F3N3O2/c18-17(19,20)12-6-11(16(25)22-9-14(21)10-3-4-10)7-13(8-12)23-5-1-2-15(23)24/h6-8,10,14H,1-5,9,21H2,(H,22,25). The van der Waals surface area contributed by atoms with Gasteiger partial charge in [-0.05, 0) is 43.4 Å². The van der Waals surface area contributed by atoms with Gasteiger partial charge in [0.2, 0.25) is 5.91 Å². The predicted molar refractivity (Wildman–Crippen MR) is 86.1 cm³/mol. The second-order valence-corrected chi connectivity index (χ2v) is 6.63. The first kappa shape index (κ1) is 17.7. The first-order chi connectivity index (χ1) is 11.8. The molecule has 1 aliphatic heterocycles. The van der Waals surface area contributed by atoms with Crippen LogP contribution in [0.4, 0.5) is 18.9 Å². The lowest BCUT2D eigenvalue weighted by atomic mass is 10.1. The molecule has 2 fully saturated rings. The van der Waals surface area contributed by atoms with Crippen LogP contribution in [0, 0.1) is 5.92 Å². The van der Waals surface area contributed by atoms with Gasteiger partial charge in [-0.1, -0.05) is 0 Å². The molecule has 0 spiro atoms. The zero-order chi connectivity index (χ0) is 18.2. The molecule has 0 bridgehead atoms. The maximum absolute atomic E-state index is 13.2. The number of alkyl halides is 3. The van der Waals surface area contributed by atoms with Crippen LogP contribution in [0.2, 0.25) is 0 Å². The van der Waals surface area contributed by atoms with Crippen LogP contribution in [0.25, 0.3) is 0 Å². The fourth-order valence-electron chi connectivity index (χ4n) is 2.99. The number of halogens is 3. The van der Waals surface area contributed by atoms with Crippen molar-refractivity contribution in [3.63, 3.8) is 0 Å². The Hall–Kier alpha value is -2.09. The maximum Gasteiger partial charge on any atom is 0.416 e. The van der Waals surface area contributed by atoms with E-state index in [9.17, 15) is 22.8 Å². The Morgan fingerprint density at radius 2 is 2.04 bits per heavy atom. The van der Waals surface area contributed by atoms with Crippen LogP contribution in [-0.4, -0.2) is 30.9 Å². The Balaban J connectivity index is 1.83. The number of nitrogens with zero attached hydrogens (tertiary/aromatic N) is 1. The van der Waals surface area contributed by atoms with Gasteiger partial charge in [0.25, 0.3) is 5.91 Å². The molecule has 1 aromatic rings. The number of nitrogens with two attached hydrogens (primary N) is 1. The predicted octanol–water partition coefficient (Wildman–Crippen LogP) is 2.30. The van der Waals surface area contributed by atoms with Crippen LogP contribution in [-0.2, 0) is 11.0 Å². The lowest BCUT2D eigenvalue weighted by Gasteiger charge is -2.19. The largest absolute Gasteiger partial charge is 0.416 e. The average Bonchev–Trinajstić information content (AvgIpc) is 3.32. The van der Waals surface area contributed by atoms with Gasteiger partial charge in [-0.2, -0.15) is 13.2 Å². The van der Waals surface area contributed by atoms with Crippen molar-refractivity contribution < 1.29 is 22.8 Å². The van der Waals surface area contributed by atoms with Crippen LogP contribution in [0.15, 0.2) is 18.2 Å². The summed E-state index contributed by atoms with van der Waals surface area (Å²) in [6.07, 6.45) is -1.68. The molecular weight excluding hydrogens is 335 g/mol. The highest BCUT2D eigenvalue weighted by molar-refractivity contribution is 5.99. The molecule has 1 saturated heterocycles. The number of rotatable bonds is 5. The highest BCUT2D eigenvalue weighted by atomic mass is 19.4. The zero-order valence-corrected chi connectivity index (χ0v) is 13.6. The van der Waals surface area contributed by atoms with E-state index in [-0.39, 0.29) is 29.7 Å². The molecule has 0 aromatic heterocycles. The second kappa shape index (κ2) is 6.67. The van der Waals surface area contributed by atoms with Gasteiger partial charge in [-0.25, -0.2) is 0 Å². The molecule has 136 valence electrons. The van der Waals surface area contributed by atoms with Crippen LogP contribution in [0.1, 0.15) is 41.6 Å². The molecule has 1 aliphatic carbocycles. The fraction of sp³-hybridized carbons (Fsp3) is 0.529. The van der Waals surface area contributed by atoms with Gasteiger partial charge in [0.05, 0.1) is 5.56 Å². The first-order valence-corrected chi connectivity index (χ1v) is 8.32. The number of benzene rings is 1. The van der Waals surface area contributed by atoms with Gasteiger partial charge in [0.1, 0.15) is 0 Å². The smallest absolute Gasteiger partial charge is 0.350 e. The van der Waals surface area contributed by atoms with E-state index < -0.39 is 17.6 Å². The summed E-state index contributed by atoms with van der Waals surface area (Å²) in [6.45, 7) is 0.575. The molecule has 8 heteroatoms. The summed E-state index contributed by atoms with van der Waals surface area (Å²) < 4.78 is 39.5. The first-order valence-electron chi connectivity index (χ1n) is 8.32. The molecule has 2 aliphatic rings. The summed E-state index contributed by atoms with van der Waals surface area (Å²) in [5, 5.41) is 2.59. The quantitative estimate of drug-likeness (QED) is 0.851. The van der Waals surface area contributed by atoms with E-state index in [1.54, 1.807) is 0 Å². The molecule has 2 amide bonds. The van der Waals surface area contributed by atoms with E-state index in [0.717, 1.165) is 25.0 Å². The van der Waals surface area contributed by atoms with Crippen molar-refractivity contribution in [3.05, 3.63) is 29.3 Å². The van der Waals surface area contributed by atoms with Crippen molar-refractivity contribution in [1.29, 1.82) is 0 Å². The molecule has 1 aromatic carbocycles. The van der Waals surface area contributed by atoms with Gasteiger partial charge in [-0.3, -0.25) is 9.59 Å². The molecule has 1 saturated carbocycles. The number of hydrogen-bond donors (Lipinski definition) is 2. The van der Waals surface area contributed by atoms with E-state index in [0.29, 0.717) is 25.3 Å². The Morgan fingerprint density at radius 1 is 1.32 bits per heavy atom. The van der Waals surface area contributed by atoms with Crippen molar-refractivity contribution in [2.24, 2.45) is 11.7 Å². The monoisotopic (exact) mass is 355 g/mol. The van der Waals surface area contributed by atoms with Crippen molar-refractivity contribution in [2.45, 2.75) is 37.9 Å². The summed E-state index contributed by atoms with van der Waals surface area (Å²) in [7, 11) is 0. The lowest BCUT2D eigenvalue weighted by molar-refractivity contribution is -0.137. The molecule has 25 heavy (non-hydrogen) atoms. The highest BCUT2D eigenvalue weighted by Gasteiger charge is 2.34. The number of nitrogens with one attached hydrogen (secondary N) is 1. The number of hydrogen-bond acceptors (Lipinski definition) is 3. The summed E-state index contributed by atoms with van der Waals surface area (Å²) in [4.78, 5) is 25.4. The summed E-state index contributed by atoms with van der Waals surface area (Å²) in [5.74, 6) is -0.476. The number of carbonyl (C=O) groups is 2. The number of carbonyl (C=O) groups excluding carboxylic acids is 2. The van der Waals surface area contributed by atoms with E-state index >= 15 is 0 Å². The maximum atomic E-state index is 13.2. The molecule has 5 nitrogen and oxygen atoms in total. The van der Waals surface area contributed by atoms with Crippen LogP contribution < -0.4 is 16.0 Å². The Kier molecular flexibility index (Phi) is 4.73. The molecular formula is C17H20F3N3O2. The molecule has 1 heterocycles. The summed E-state index contributed by atoms with van der Waals surface area (Å²) >= 11 is 0. The van der Waals surface area contributed by atoms with Crippen LogP contribution in [0.5, 0.6) is 0 Å². The lowest BCUT2D eigenvalue weighted by Crippen LogP contribution is -2.38. The van der Waals surface area contributed by atoms with Crippen molar-refractivity contribution in [1.82, 2.24) is 5.32 Å². The van der Waals surface area contributed by atoms with E-state index in [4.69, 9.17) is 5.73 Å². The molecule has 3 rings (SSSR count). The summed E-state index contributed by atoms with van der Waals surface area (Å²) in [5.41, 5.74) is 4.95. The normalized spacial score (nSPS) is 19.2. The van der Waals surface area contributed by atoms with Crippen LogP contribution in [0.3, 0.4) is 0 Å². The minimum absolute atomic E-state index is 0.106. The molecule has 1 atom stereocenters. The molecule has 1 unspecified atom stereocenters. The van der Waals surface area contributed by atoms with E-state index in [1.807, 2.05) is 0 Å². The number of anilines is 1. The SMILES string of the molecule is NC(CNC(=O)c1cc(N2CCCC2=O)cc(C(F)(F)F)c1)C1CC1. The summed E-state index contributed by atoms with van der Waals surface area (Å²) in [6, 6.07) is 2.86. The van der Waals surface area contributed by atoms with Crippen LogP contribution >= 0.6 is 0 Å². The van der Waals surface area contributed by atoms with Gasteiger partial charge < -0.3 is 16.0 Å². The zero-order valence-electron chi connectivity index (χ0n) is 13.6. The topological polar surface area (TPSA) is 75.4 Å². The van der Waals surface area contributed by atoms with Gasteiger partial charge in [-0.15, -0.1) is 0 Å².